The van der Waals surface area contributed by atoms with Gasteiger partial charge in [-0.2, -0.15) is 0 Å². The van der Waals surface area contributed by atoms with Gasteiger partial charge >= 0.3 is 0 Å². The van der Waals surface area contributed by atoms with E-state index in [1.165, 1.54) is 6.33 Å². The molecule has 1 aliphatic carbocycles. The Morgan fingerprint density at radius 1 is 1.07 bits per heavy atom. The molecule has 1 aromatic carbocycles. The maximum atomic E-state index is 10.7. The van der Waals surface area contributed by atoms with Crippen molar-refractivity contribution in [1.29, 1.82) is 0 Å². The smallest absolute Gasteiger partial charge is 0.220 e. The molecule has 0 amide bonds. The summed E-state index contributed by atoms with van der Waals surface area (Å²) in [5, 5.41) is 23.1. The topological polar surface area (TPSA) is 149 Å². The lowest BCUT2D eigenvalue weighted by molar-refractivity contribution is 0.00545. The van der Waals surface area contributed by atoms with Crippen molar-refractivity contribution in [3.63, 3.8) is 0 Å². The van der Waals surface area contributed by atoms with E-state index in [-0.39, 0.29) is 17.9 Å². The van der Waals surface area contributed by atoms with Crippen molar-refractivity contribution in [1.82, 2.24) is 24.5 Å². The van der Waals surface area contributed by atoms with Crippen LogP contribution in [-0.2, 0) is 6.42 Å². The van der Waals surface area contributed by atoms with Gasteiger partial charge in [-0.1, -0.05) is 12.1 Å². The summed E-state index contributed by atoms with van der Waals surface area (Å²) in [5.74, 6) is 0.622. The first kappa shape index (κ1) is 18.7. The molecular weight excluding hydrogens is 382 g/mol. The largest absolute Gasteiger partial charge is 0.390 e. The Hall–Kier alpha value is -3.30. The van der Waals surface area contributed by atoms with E-state index in [2.05, 4.69) is 19.9 Å². The van der Waals surface area contributed by atoms with E-state index in [9.17, 15) is 10.2 Å². The Kier molecular flexibility index (Phi) is 4.48. The molecule has 1 saturated carbocycles. The summed E-state index contributed by atoms with van der Waals surface area (Å²) >= 11 is 0. The number of benzene rings is 1. The first-order valence-corrected chi connectivity index (χ1v) is 9.95. The van der Waals surface area contributed by atoms with E-state index in [1.807, 2.05) is 35.0 Å². The number of fused-ring (bicyclic) bond motifs is 2. The van der Waals surface area contributed by atoms with Gasteiger partial charge in [-0.3, -0.25) is 0 Å². The Balaban J connectivity index is 1.34. The van der Waals surface area contributed by atoms with Crippen LogP contribution in [0.15, 0.2) is 43.0 Å². The summed E-state index contributed by atoms with van der Waals surface area (Å²) in [5.41, 5.74) is 14.2. The van der Waals surface area contributed by atoms with Gasteiger partial charge in [-0.15, -0.1) is 0 Å². The second-order valence-electron chi connectivity index (χ2n) is 7.92. The highest BCUT2D eigenvalue weighted by molar-refractivity contribution is 5.86. The van der Waals surface area contributed by atoms with Crippen molar-refractivity contribution >= 4 is 33.7 Å². The second-order valence-corrected chi connectivity index (χ2v) is 7.92. The van der Waals surface area contributed by atoms with Crippen LogP contribution in [0.3, 0.4) is 0 Å². The third-order valence-corrected chi connectivity index (χ3v) is 6.14. The molecular formula is C21H23N7O2. The van der Waals surface area contributed by atoms with Crippen molar-refractivity contribution in [2.45, 2.75) is 37.5 Å². The van der Waals surface area contributed by atoms with Crippen LogP contribution < -0.4 is 11.5 Å². The number of nitrogen functional groups attached to an aromatic ring is 2. The minimum absolute atomic E-state index is 0.0344. The van der Waals surface area contributed by atoms with Crippen molar-refractivity contribution in [3.05, 3.63) is 48.5 Å². The van der Waals surface area contributed by atoms with Crippen LogP contribution in [-0.4, -0.2) is 46.9 Å². The number of hydrogen-bond acceptors (Lipinski definition) is 8. The van der Waals surface area contributed by atoms with Crippen molar-refractivity contribution < 1.29 is 10.2 Å². The summed E-state index contributed by atoms with van der Waals surface area (Å²) in [4.78, 5) is 16.6. The molecule has 0 unspecified atom stereocenters. The van der Waals surface area contributed by atoms with Gasteiger partial charge < -0.3 is 26.2 Å². The molecule has 0 bridgehead atoms. The molecule has 0 saturated heterocycles. The SMILES string of the molecule is Nc1ncc2ccc(CC[C@H]3C[C@@H](n4ccc5c(N)ncnc54)[C@H](O)[C@@H]3O)cc2n1. The lowest BCUT2D eigenvalue weighted by Gasteiger charge is -2.19. The number of nitrogens with zero attached hydrogens (tertiary/aromatic N) is 5. The normalized spacial score (nSPS) is 24.1. The highest BCUT2D eigenvalue weighted by atomic mass is 16.3. The molecule has 4 atom stereocenters. The molecule has 5 rings (SSSR count). The van der Waals surface area contributed by atoms with Crippen LogP contribution in [0.2, 0.25) is 0 Å². The van der Waals surface area contributed by atoms with Gasteiger partial charge in [0.2, 0.25) is 5.95 Å². The predicted molar refractivity (Wildman–Crippen MR) is 113 cm³/mol. The molecule has 3 aromatic heterocycles. The zero-order chi connectivity index (χ0) is 20.8. The van der Waals surface area contributed by atoms with Crippen LogP contribution in [0, 0.1) is 5.92 Å². The molecule has 0 radical (unpaired) electrons. The van der Waals surface area contributed by atoms with E-state index in [0.29, 0.717) is 17.9 Å². The van der Waals surface area contributed by atoms with Crippen LogP contribution in [0.25, 0.3) is 21.9 Å². The van der Waals surface area contributed by atoms with E-state index < -0.39 is 12.2 Å². The number of anilines is 2. The zero-order valence-corrected chi connectivity index (χ0v) is 16.3. The molecule has 30 heavy (non-hydrogen) atoms. The number of aliphatic hydroxyl groups is 2. The minimum atomic E-state index is -0.870. The average Bonchev–Trinajstić information content (AvgIpc) is 3.29. The van der Waals surface area contributed by atoms with E-state index in [4.69, 9.17) is 11.5 Å². The predicted octanol–water partition coefficient (Wildman–Crippen LogP) is 1.45. The Labute approximate surface area is 172 Å². The Morgan fingerprint density at radius 3 is 2.80 bits per heavy atom. The van der Waals surface area contributed by atoms with E-state index in [0.717, 1.165) is 34.7 Å². The van der Waals surface area contributed by atoms with Gasteiger partial charge in [-0.25, -0.2) is 19.9 Å². The number of nitrogens with two attached hydrogens (primary N) is 2. The first-order chi connectivity index (χ1) is 14.5. The van der Waals surface area contributed by atoms with Gasteiger partial charge in [0.1, 0.15) is 23.9 Å². The van der Waals surface area contributed by atoms with Crippen LogP contribution >= 0.6 is 0 Å². The molecule has 6 N–H and O–H groups in total. The lowest BCUT2D eigenvalue weighted by Crippen LogP contribution is -2.29. The van der Waals surface area contributed by atoms with Crippen molar-refractivity contribution in [2.75, 3.05) is 11.5 Å². The first-order valence-electron chi connectivity index (χ1n) is 9.95. The number of aryl methyl sites for hydroxylation is 1. The molecule has 0 spiro atoms. The number of aromatic nitrogens is 5. The van der Waals surface area contributed by atoms with Gasteiger partial charge in [0.25, 0.3) is 0 Å². The Bertz CT molecular complexity index is 1220. The second kappa shape index (κ2) is 7.19. The molecule has 0 aliphatic heterocycles. The highest BCUT2D eigenvalue weighted by Crippen LogP contribution is 2.39. The quantitative estimate of drug-likeness (QED) is 0.399. The summed E-state index contributed by atoms with van der Waals surface area (Å²) < 4.78 is 1.90. The van der Waals surface area contributed by atoms with Crippen LogP contribution in [0.1, 0.15) is 24.4 Å². The number of hydrogen-bond donors (Lipinski definition) is 4. The fourth-order valence-corrected chi connectivity index (χ4v) is 4.51. The van der Waals surface area contributed by atoms with Crippen molar-refractivity contribution in [3.8, 4) is 0 Å². The van der Waals surface area contributed by atoms with Gasteiger partial charge in [0, 0.05) is 17.8 Å². The number of rotatable bonds is 4. The summed E-state index contributed by atoms with van der Waals surface area (Å²) in [7, 11) is 0. The standard InChI is InChI=1S/C21H23N7O2/c22-19-14-5-6-28(20(14)26-10-25-19)16-8-12(17(29)18(16)30)3-1-11-2-4-13-9-24-21(23)27-15(13)7-11/h2,4-7,9-10,12,16-18,29-30H,1,3,8H2,(H2,22,25,26)(H2,23,24,27)/t12-,16+,17+,18-/m0/s1. The molecule has 3 heterocycles. The fourth-order valence-electron chi connectivity index (χ4n) is 4.51. The fraction of sp³-hybridized carbons (Fsp3) is 0.333. The number of aliphatic hydroxyl groups excluding tert-OH is 2. The molecule has 1 aliphatic rings. The zero-order valence-electron chi connectivity index (χ0n) is 16.3. The minimum Gasteiger partial charge on any atom is -0.390 e. The summed E-state index contributed by atoms with van der Waals surface area (Å²) in [6.45, 7) is 0. The molecule has 4 aromatic rings. The molecule has 1 fully saturated rings. The van der Waals surface area contributed by atoms with Gasteiger partial charge in [-0.05, 0) is 42.9 Å². The van der Waals surface area contributed by atoms with Crippen LogP contribution in [0.5, 0.6) is 0 Å². The maximum Gasteiger partial charge on any atom is 0.220 e. The monoisotopic (exact) mass is 405 g/mol. The molecule has 154 valence electrons. The summed E-state index contributed by atoms with van der Waals surface area (Å²) in [6, 6.07) is 7.60. The third kappa shape index (κ3) is 3.12. The molecule has 9 nitrogen and oxygen atoms in total. The van der Waals surface area contributed by atoms with Crippen LogP contribution in [0.4, 0.5) is 11.8 Å². The average molecular weight is 405 g/mol. The summed E-state index contributed by atoms with van der Waals surface area (Å²) in [6.07, 6.45) is 5.47. The Morgan fingerprint density at radius 2 is 1.93 bits per heavy atom. The maximum absolute atomic E-state index is 10.7. The van der Waals surface area contributed by atoms with Gasteiger partial charge in [0.05, 0.1) is 23.0 Å². The van der Waals surface area contributed by atoms with Gasteiger partial charge in [0.15, 0.2) is 0 Å². The van der Waals surface area contributed by atoms with E-state index >= 15 is 0 Å². The highest BCUT2D eigenvalue weighted by Gasteiger charge is 2.42. The lowest BCUT2D eigenvalue weighted by atomic mass is 9.95. The molecule has 9 heteroatoms. The third-order valence-electron chi connectivity index (χ3n) is 6.14. The van der Waals surface area contributed by atoms with Crippen molar-refractivity contribution in [2.24, 2.45) is 5.92 Å². The van der Waals surface area contributed by atoms with E-state index in [1.54, 1.807) is 6.20 Å².